The Labute approximate surface area is 260 Å². The van der Waals surface area contributed by atoms with E-state index < -0.39 is 23.7 Å². The molecule has 2 aliphatic heterocycles. The summed E-state index contributed by atoms with van der Waals surface area (Å²) in [6, 6.07) is 9.33. The molecule has 3 heterocycles. The standard InChI is InChI=1S/C33H36N2O8S/c1-6-9-14-42-24-13-10-20(17-25(24)40-7-2)27-26(28(36)21-11-12-23-22(16-21)15-18(4)43-23)29(37)31(38)35(27)33-34-19(5)30(44-33)32(39)41-8-3/h10-13,16-18,27,36H,6-9,14-15H2,1-5H3/t18-,27+/m0/s1. The lowest BCUT2D eigenvalue weighted by Gasteiger charge is -2.24. The summed E-state index contributed by atoms with van der Waals surface area (Å²) < 4.78 is 22.8. The number of carbonyl (C=O) groups excluding carboxylic acids is 3. The molecule has 0 spiro atoms. The predicted molar refractivity (Wildman–Crippen MR) is 166 cm³/mol. The number of carbonyl (C=O) groups is 3. The maximum atomic E-state index is 13.7. The minimum Gasteiger partial charge on any atom is -0.507 e. The van der Waals surface area contributed by atoms with Crippen LogP contribution in [0.1, 0.15) is 78.6 Å². The monoisotopic (exact) mass is 620 g/mol. The molecule has 1 aromatic heterocycles. The number of ketones is 1. The number of aliphatic hydroxyl groups is 1. The minimum absolute atomic E-state index is 0.00948. The number of hydrogen-bond acceptors (Lipinski definition) is 10. The minimum atomic E-state index is -1.07. The van der Waals surface area contributed by atoms with Gasteiger partial charge in [0, 0.05) is 12.0 Å². The van der Waals surface area contributed by atoms with E-state index in [9.17, 15) is 19.5 Å². The number of Topliss-reactive ketones (excluding diaryl/α,β-unsaturated/α-hetero) is 1. The van der Waals surface area contributed by atoms with Crippen molar-refractivity contribution in [2.45, 2.75) is 66.0 Å². The number of benzene rings is 2. The average Bonchev–Trinajstić information content (AvgIpc) is 3.65. The Hall–Kier alpha value is -4.38. The van der Waals surface area contributed by atoms with Crippen LogP contribution in [-0.2, 0) is 20.7 Å². The van der Waals surface area contributed by atoms with Gasteiger partial charge in [0.15, 0.2) is 16.6 Å². The Morgan fingerprint density at radius 1 is 1.09 bits per heavy atom. The van der Waals surface area contributed by atoms with Crippen molar-refractivity contribution < 1.29 is 38.4 Å². The van der Waals surface area contributed by atoms with Gasteiger partial charge in [-0.2, -0.15) is 0 Å². The summed E-state index contributed by atoms with van der Waals surface area (Å²) in [5.74, 6) is -0.941. The molecule has 1 amide bonds. The normalized spacial score (nSPS) is 18.7. The third-order valence-electron chi connectivity index (χ3n) is 7.40. The number of unbranched alkanes of at least 4 members (excludes halogenated alkanes) is 1. The summed E-state index contributed by atoms with van der Waals surface area (Å²) >= 11 is 0.957. The highest BCUT2D eigenvalue weighted by atomic mass is 32.1. The number of fused-ring (bicyclic) bond motifs is 1. The Balaban J connectivity index is 1.67. The number of amides is 1. The molecule has 3 aromatic rings. The van der Waals surface area contributed by atoms with Crippen molar-refractivity contribution in [1.82, 2.24) is 4.98 Å². The third-order valence-corrected chi connectivity index (χ3v) is 8.54. The molecule has 2 aliphatic rings. The van der Waals surface area contributed by atoms with Crippen LogP contribution in [0.3, 0.4) is 0 Å². The maximum absolute atomic E-state index is 13.7. The lowest BCUT2D eigenvalue weighted by Crippen LogP contribution is -2.29. The number of esters is 1. The molecule has 0 radical (unpaired) electrons. The number of aromatic nitrogens is 1. The summed E-state index contributed by atoms with van der Waals surface area (Å²) in [4.78, 5) is 46.1. The van der Waals surface area contributed by atoms with E-state index in [0.717, 1.165) is 35.5 Å². The Morgan fingerprint density at radius 3 is 2.61 bits per heavy atom. The second kappa shape index (κ2) is 13.1. The van der Waals surface area contributed by atoms with Crippen LogP contribution in [-0.4, -0.2) is 53.7 Å². The molecular formula is C33H36N2O8S. The van der Waals surface area contributed by atoms with Gasteiger partial charge < -0.3 is 24.1 Å². The van der Waals surface area contributed by atoms with Crippen LogP contribution in [0.15, 0.2) is 42.0 Å². The number of aliphatic hydroxyl groups excluding tert-OH is 1. The number of thiazole rings is 1. The Kier molecular flexibility index (Phi) is 9.24. The van der Waals surface area contributed by atoms with E-state index in [2.05, 4.69) is 11.9 Å². The first-order chi connectivity index (χ1) is 21.2. The van der Waals surface area contributed by atoms with Crippen molar-refractivity contribution in [3.8, 4) is 17.2 Å². The first-order valence-electron chi connectivity index (χ1n) is 14.8. The van der Waals surface area contributed by atoms with E-state index in [-0.39, 0.29) is 34.1 Å². The van der Waals surface area contributed by atoms with Crippen LogP contribution in [0.5, 0.6) is 17.2 Å². The largest absolute Gasteiger partial charge is 0.507 e. The highest BCUT2D eigenvalue weighted by Gasteiger charge is 2.49. The topological polar surface area (TPSA) is 124 Å². The van der Waals surface area contributed by atoms with Gasteiger partial charge in [-0.25, -0.2) is 9.78 Å². The van der Waals surface area contributed by atoms with Gasteiger partial charge in [0.25, 0.3) is 5.78 Å². The first kappa shape index (κ1) is 31.1. The molecule has 5 rings (SSSR count). The molecule has 0 unspecified atom stereocenters. The van der Waals surface area contributed by atoms with Crippen LogP contribution in [0.4, 0.5) is 5.13 Å². The summed E-state index contributed by atoms with van der Waals surface area (Å²) in [6.45, 7) is 10.3. The molecule has 0 aliphatic carbocycles. The van der Waals surface area contributed by atoms with Crippen LogP contribution in [0.25, 0.3) is 5.76 Å². The fraction of sp³-hybridized carbons (Fsp3) is 0.394. The quantitative estimate of drug-likeness (QED) is 0.0883. The molecule has 2 atom stereocenters. The second-order valence-electron chi connectivity index (χ2n) is 10.6. The SMILES string of the molecule is CCCCOc1ccc([C@@H]2C(=C(O)c3ccc4c(c3)C[C@H](C)O4)C(=O)C(=O)N2c2nc(C)c(C(=O)OCC)s2)cc1OCC. The first-order valence-corrected chi connectivity index (χ1v) is 15.6. The van der Waals surface area contributed by atoms with E-state index in [0.29, 0.717) is 48.0 Å². The number of nitrogens with zero attached hydrogens (tertiary/aromatic N) is 2. The van der Waals surface area contributed by atoms with Crippen molar-refractivity contribution >= 4 is 39.9 Å². The van der Waals surface area contributed by atoms with Gasteiger partial charge >= 0.3 is 11.9 Å². The van der Waals surface area contributed by atoms with E-state index in [1.54, 1.807) is 50.2 Å². The molecule has 1 N–H and O–H groups in total. The van der Waals surface area contributed by atoms with Gasteiger partial charge in [0.2, 0.25) is 0 Å². The number of rotatable bonds is 11. The lowest BCUT2D eigenvalue weighted by molar-refractivity contribution is -0.132. The van der Waals surface area contributed by atoms with Crippen molar-refractivity contribution in [3.05, 3.63) is 69.2 Å². The Morgan fingerprint density at radius 2 is 1.89 bits per heavy atom. The molecule has 2 aromatic carbocycles. The Bertz CT molecular complexity index is 1630. The predicted octanol–water partition coefficient (Wildman–Crippen LogP) is 6.16. The third kappa shape index (κ3) is 5.88. The molecule has 1 saturated heterocycles. The fourth-order valence-electron chi connectivity index (χ4n) is 5.35. The summed E-state index contributed by atoms with van der Waals surface area (Å²) in [5, 5.41) is 11.8. The van der Waals surface area contributed by atoms with E-state index in [1.165, 1.54) is 4.90 Å². The van der Waals surface area contributed by atoms with Crippen molar-refractivity contribution in [2.75, 3.05) is 24.7 Å². The molecular weight excluding hydrogens is 584 g/mol. The summed E-state index contributed by atoms with van der Waals surface area (Å²) in [5.41, 5.74) is 2.05. The molecule has 0 saturated carbocycles. The number of hydrogen-bond donors (Lipinski definition) is 1. The molecule has 232 valence electrons. The lowest BCUT2D eigenvalue weighted by atomic mass is 9.94. The number of anilines is 1. The van der Waals surface area contributed by atoms with Crippen molar-refractivity contribution in [1.29, 1.82) is 0 Å². The van der Waals surface area contributed by atoms with Crippen LogP contribution < -0.4 is 19.1 Å². The number of aryl methyl sites for hydroxylation is 1. The highest BCUT2D eigenvalue weighted by Crippen LogP contribution is 2.46. The van der Waals surface area contributed by atoms with Gasteiger partial charge in [-0.3, -0.25) is 14.5 Å². The number of ether oxygens (including phenoxy) is 4. The molecule has 10 nitrogen and oxygen atoms in total. The molecule has 1 fully saturated rings. The zero-order valence-electron chi connectivity index (χ0n) is 25.5. The highest BCUT2D eigenvalue weighted by molar-refractivity contribution is 7.17. The summed E-state index contributed by atoms with van der Waals surface area (Å²) in [7, 11) is 0. The zero-order chi connectivity index (χ0) is 31.5. The van der Waals surface area contributed by atoms with Crippen LogP contribution in [0, 0.1) is 6.92 Å². The average molecular weight is 621 g/mol. The van der Waals surface area contributed by atoms with E-state index in [4.69, 9.17) is 18.9 Å². The van der Waals surface area contributed by atoms with Crippen LogP contribution >= 0.6 is 11.3 Å². The van der Waals surface area contributed by atoms with Gasteiger partial charge in [0.1, 0.15) is 22.5 Å². The van der Waals surface area contributed by atoms with E-state index >= 15 is 0 Å². The summed E-state index contributed by atoms with van der Waals surface area (Å²) in [6.07, 6.45) is 2.47. The van der Waals surface area contributed by atoms with Crippen molar-refractivity contribution in [3.63, 3.8) is 0 Å². The maximum Gasteiger partial charge on any atom is 0.350 e. The smallest absolute Gasteiger partial charge is 0.350 e. The van der Waals surface area contributed by atoms with Gasteiger partial charge in [-0.15, -0.1) is 0 Å². The van der Waals surface area contributed by atoms with Gasteiger partial charge in [-0.05, 0) is 75.6 Å². The second-order valence-corrected chi connectivity index (χ2v) is 11.6. The molecule has 0 bridgehead atoms. The van der Waals surface area contributed by atoms with E-state index in [1.807, 2.05) is 13.8 Å². The fourth-order valence-corrected chi connectivity index (χ4v) is 6.34. The van der Waals surface area contributed by atoms with Gasteiger partial charge in [-0.1, -0.05) is 30.7 Å². The molecule has 44 heavy (non-hydrogen) atoms. The molecule has 11 heteroatoms. The zero-order valence-corrected chi connectivity index (χ0v) is 26.3. The van der Waals surface area contributed by atoms with Crippen molar-refractivity contribution in [2.24, 2.45) is 0 Å². The van der Waals surface area contributed by atoms with Gasteiger partial charge in [0.05, 0.1) is 37.1 Å². The van der Waals surface area contributed by atoms with Crippen LogP contribution in [0.2, 0.25) is 0 Å².